The lowest BCUT2D eigenvalue weighted by Crippen LogP contribution is -2.37. The lowest BCUT2D eigenvalue weighted by Gasteiger charge is -2.08. The molecule has 6 heteroatoms. The molecule has 0 spiro atoms. The summed E-state index contributed by atoms with van der Waals surface area (Å²) < 4.78 is 0.607. The molecule has 1 heterocycles. The van der Waals surface area contributed by atoms with Gasteiger partial charge in [0, 0.05) is 11.3 Å². The molecule has 0 bridgehead atoms. The summed E-state index contributed by atoms with van der Waals surface area (Å²) in [6, 6.07) is 2.55. The molecule has 1 aromatic heterocycles. The van der Waals surface area contributed by atoms with Crippen molar-refractivity contribution in [2.24, 2.45) is 0 Å². The standard InChI is InChI=1S/C8H8ClNO3S/c9-7-2-1-5(14-7)3-6(8(12)13)10-4-11/h1-2,4,6H,3H2,(H,10,11)(H,12,13). The third-order valence-electron chi connectivity index (χ3n) is 1.60. The number of carbonyl (C=O) groups is 2. The minimum absolute atomic E-state index is 0.255. The molecule has 0 aliphatic heterocycles. The quantitative estimate of drug-likeness (QED) is 0.750. The lowest BCUT2D eigenvalue weighted by molar-refractivity contribution is -0.140. The van der Waals surface area contributed by atoms with E-state index in [2.05, 4.69) is 5.32 Å². The second-order valence-electron chi connectivity index (χ2n) is 2.59. The van der Waals surface area contributed by atoms with Crippen molar-refractivity contribution in [2.75, 3.05) is 0 Å². The van der Waals surface area contributed by atoms with Gasteiger partial charge in [-0.2, -0.15) is 0 Å². The highest BCUT2D eigenvalue weighted by molar-refractivity contribution is 7.16. The molecule has 0 radical (unpaired) electrons. The van der Waals surface area contributed by atoms with Crippen molar-refractivity contribution in [3.63, 3.8) is 0 Å². The third-order valence-corrected chi connectivity index (χ3v) is 2.85. The minimum Gasteiger partial charge on any atom is -0.480 e. The average Bonchev–Trinajstić information content (AvgIpc) is 2.50. The van der Waals surface area contributed by atoms with Crippen molar-refractivity contribution in [1.29, 1.82) is 0 Å². The van der Waals surface area contributed by atoms with Gasteiger partial charge in [0.15, 0.2) is 0 Å². The van der Waals surface area contributed by atoms with E-state index in [1.165, 1.54) is 11.3 Å². The van der Waals surface area contributed by atoms with Crippen LogP contribution in [0.15, 0.2) is 12.1 Å². The highest BCUT2D eigenvalue weighted by Crippen LogP contribution is 2.22. The highest BCUT2D eigenvalue weighted by atomic mass is 35.5. The molecule has 0 aromatic carbocycles. The zero-order chi connectivity index (χ0) is 10.6. The van der Waals surface area contributed by atoms with Crippen LogP contribution < -0.4 is 5.32 Å². The molecule has 0 saturated heterocycles. The van der Waals surface area contributed by atoms with Crippen LogP contribution >= 0.6 is 22.9 Å². The fraction of sp³-hybridized carbons (Fsp3) is 0.250. The largest absolute Gasteiger partial charge is 0.480 e. The Labute approximate surface area is 89.5 Å². The monoisotopic (exact) mass is 233 g/mol. The van der Waals surface area contributed by atoms with Crippen molar-refractivity contribution in [3.8, 4) is 0 Å². The van der Waals surface area contributed by atoms with Crippen molar-refractivity contribution in [1.82, 2.24) is 5.32 Å². The van der Waals surface area contributed by atoms with E-state index >= 15 is 0 Å². The average molecular weight is 234 g/mol. The molecule has 1 atom stereocenters. The number of nitrogens with one attached hydrogen (secondary N) is 1. The first kappa shape index (κ1) is 11.0. The number of amides is 1. The summed E-state index contributed by atoms with van der Waals surface area (Å²) in [7, 11) is 0. The lowest BCUT2D eigenvalue weighted by atomic mass is 10.2. The number of halogens is 1. The summed E-state index contributed by atoms with van der Waals surface area (Å²) in [6.07, 6.45) is 0.638. The van der Waals surface area contributed by atoms with Gasteiger partial charge in [-0.3, -0.25) is 4.79 Å². The van der Waals surface area contributed by atoms with Gasteiger partial charge in [-0.15, -0.1) is 11.3 Å². The van der Waals surface area contributed by atoms with Gasteiger partial charge in [0.05, 0.1) is 4.34 Å². The van der Waals surface area contributed by atoms with Crippen molar-refractivity contribution < 1.29 is 14.7 Å². The van der Waals surface area contributed by atoms with Crippen LogP contribution in [0.1, 0.15) is 4.88 Å². The second kappa shape index (κ2) is 4.97. The van der Waals surface area contributed by atoms with Gasteiger partial charge < -0.3 is 10.4 Å². The van der Waals surface area contributed by atoms with Gasteiger partial charge in [-0.25, -0.2) is 4.79 Å². The summed E-state index contributed by atoms with van der Waals surface area (Å²) in [5, 5.41) is 10.9. The Morgan fingerprint density at radius 3 is 2.86 bits per heavy atom. The normalized spacial score (nSPS) is 12.1. The molecule has 1 amide bonds. The van der Waals surface area contributed by atoms with E-state index in [-0.39, 0.29) is 6.42 Å². The first-order valence-electron chi connectivity index (χ1n) is 3.80. The Morgan fingerprint density at radius 1 is 1.71 bits per heavy atom. The molecule has 4 nitrogen and oxygen atoms in total. The second-order valence-corrected chi connectivity index (χ2v) is 4.38. The number of carbonyl (C=O) groups excluding carboxylic acids is 1. The molecular weight excluding hydrogens is 226 g/mol. The molecule has 1 unspecified atom stereocenters. The maximum atomic E-state index is 10.7. The Bertz CT molecular complexity index is 339. The molecule has 14 heavy (non-hydrogen) atoms. The van der Waals surface area contributed by atoms with Crippen LogP contribution in [-0.4, -0.2) is 23.5 Å². The van der Waals surface area contributed by atoms with Gasteiger partial charge in [0.2, 0.25) is 6.41 Å². The number of thiophene rings is 1. The third kappa shape index (κ3) is 3.01. The highest BCUT2D eigenvalue weighted by Gasteiger charge is 2.17. The van der Waals surface area contributed by atoms with Gasteiger partial charge in [-0.1, -0.05) is 11.6 Å². The Hall–Kier alpha value is -1.07. The molecule has 1 rings (SSSR count). The van der Waals surface area contributed by atoms with E-state index in [9.17, 15) is 9.59 Å². The molecule has 0 aliphatic rings. The number of hydrogen-bond donors (Lipinski definition) is 2. The maximum absolute atomic E-state index is 10.7. The Balaban J connectivity index is 2.64. The number of rotatable bonds is 5. The predicted octanol–water partition coefficient (Wildman–Crippen LogP) is 1.14. The number of hydrogen-bond acceptors (Lipinski definition) is 3. The van der Waals surface area contributed by atoms with E-state index in [1.54, 1.807) is 12.1 Å². The van der Waals surface area contributed by atoms with Crippen LogP contribution in [0.3, 0.4) is 0 Å². The fourth-order valence-corrected chi connectivity index (χ4v) is 2.10. The van der Waals surface area contributed by atoms with Gasteiger partial charge in [-0.05, 0) is 12.1 Å². The van der Waals surface area contributed by atoms with E-state index in [0.29, 0.717) is 10.7 Å². The van der Waals surface area contributed by atoms with E-state index in [4.69, 9.17) is 16.7 Å². The van der Waals surface area contributed by atoms with Crippen LogP contribution in [0.25, 0.3) is 0 Å². The smallest absolute Gasteiger partial charge is 0.326 e. The summed E-state index contributed by atoms with van der Waals surface area (Å²) in [5.41, 5.74) is 0. The van der Waals surface area contributed by atoms with Crippen LogP contribution in [0.5, 0.6) is 0 Å². The van der Waals surface area contributed by atoms with Crippen LogP contribution in [0.4, 0.5) is 0 Å². The van der Waals surface area contributed by atoms with Crippen molar-refractivity contribution in [3.05, 3.63) is 21.3 Å². The van der Waals surface area contributed by atoms with Gasteiger partial charge in [0.1, 0.15) is 6.04 Å². The molecule has 76 valence electrons. The number of aliphatic carboxylic acids is 1. The predicted molar refractivity (Wildman–Crippen MR) is 53.7 cm³/mol. The summed E-state index contributed by atoms with van der Waals surface area (Å²) in [4.78, 5) is 21.6. The van der Waals surface area contributed by atoms with E-state index in [0.717, 1.165) is 4.88 Å². The molecule has 0 saturated carbocycles. The molecule has 1 aromatic rings. The van der Waals surface area contributed by atoms with Crippen LogP contribution in [0, 0.1) is 0 Å². The SMILES string of the molecule is O=CNC(Cc1ccc(Cl)s1)C(=O)O. The fourth-order valence-electron chi connectivity index (χ4n) is 0.962. The molecule has 0 aliphatic carbocycles. The van der Waals surface area contributed by atoms with Gasteiger partial charge in [0.25, 0.3) is 0 Å². The Morgan fingerprint density at radius 2 is 2.43 bits per heavy atom. The number of carboxylic acid groups (broad SMARTS) is 1. The minimum atomic E-state index is -1.05. The zero-order valence-corrected chi connectivity index (χ0v) is 8.64. The van der Waals surface area contributed by atoms with E-state index in [1.807, 2.05) is 0 Å². The van der Waals surface area contributed by atoms with Gasteiger partial charge >= 0.3 is 5.97 Å². The molecule has 0 fully saturated rings. The molecular formula is C8H8ClNO3S. The topological polar surface area (TPSA) is 66.4 Å². The maximum Gasteiger partial charge on any atom is 0.326 e. The first-order chi connectivity index (χ1) is 6.63. The summed E-state index contributed by atoms with van der Waals surface area (Å²) in [6.45, 7) is 0. The first-order valence-corrected chi connectivity index (χ1v) is 4.99. The van der Waals surface area contributed by atoms with E-state index < -0.39 is 12.0 Å². The number of carboxylic acids is 1. The van der Waals surface area contributed by atoms with Crippen molar-refractivity contribution in [2.45, 2.75) is 12.5 Å². The summed E-state index contributed by atoms with van der Waals surface area (Å²) >= 11 is 6.99. The van der Waals surface area contributed by atoms with Crippen LogP contribution in [0.2, 0.25) is 4.34 Å². The Kier molecular flexibility index (Phi) is 3.91. The molecule has 2 N–H and O–H groups in total. The zero-order valence-electron chi connectivity index (χ0n) is 7.07. The van der Waals surface area contributed by atoms with Crippen LogP contribution in [-0.2, 0) is 16.0 Å². The summed E-state index contributed by atoms with van der Waals surface area (Å²) in [5.74, 6) is -1.05. The van der Waals surface area contributed by atoms with Crippen molar-refractivity contribution >= 4 is 35.3 Å².